The molecule has 0 aromatic carbocycles. The van der Waals surface area contributed by atoms with Gasteiger partial charge in [0.2, 0.25) is 5.60 Å². The summed E-state index contributed by atoms with van der Waals surface area (Å²) in [5, 5.41) is 0. The highest BCUT2D eigenvalue weighted by Crippen LogP contribution is 2.71. The second-order valence-electron chi connectivity index (χ2n) is 7.93. The number of hydrogen-bond donors (Lipinski definition) is 0. The Morgan fingerprint density at radius 2 is 2.04 bits per heavy atom. The molecule has 0 amide bonds. The molecule has 5 nitrogen and oxygen atoms in total. The molecule has 0 aliphatic heterocycles. The van der Waals surface area contributed by atoms with Crippen molar-refractivity contribution in [2.24, 2.45) is 29.1 Å². The van der Waals surface area contributed by atoms with Crippen LogP contribution in [0.15, 0.2) is 12.2 Å². The third-order valence-electron chi connectivity index (χ3n) is 6.47. The summed E-state index contributed by atoms with van der Waals surface area (Å²) in [6, 6.07) is 0. The molecule has 0 aromatic heterocycles. The van der Waals surface area contributed by atoms with E-state index in [1.165, 1.54) is 19.4 Å². The van der Waals surface area contributed by atoms with Gasteiger partial charge in [-0.3, -0.25) is 9.59 Å². The summed E-state index contributed by atoms with van der Waals surface area (Å²) in [4.78, 5) is 37.0. The summed E-state index contributed by atoms with van der Waals surface area (Å²) in [6.07, 6.45) is 2.05. The van der Waals surface area contributed by atoms with Gasteiger partial charge in [-0.05, 0) is 49.9 Å². The molecule has 0 saturated heterocycles. The minimum atomic E-state index is -1.56. The van der Waals surface area contributed by atoms with E-state index in [0.29, 0.717) is 24.7 Å². The van der Waals surface area contributed by atoms with Gasteiger partial charge in [0.25, 0.3) is 0 Å². The largest absolute Gasteiger partial charge is 0.463 e. The highest BCUT2D eigenvalue weighted by Gasteiger charge is 2.67. The van der Waals surface area contributed by atoms with Crippen LogP contribution >= 0.6 is 0 Å². The SMILES string of the molecule is C=C1[C@H]2C[C@H]2[C@]2(C)CC(=O)C(C(C)(OC(C)=O)C(=O)OCC)C[C@@H]12. The van der Waals surface area contributed by atoms with E-state index in [0.717, 1.165) is 6.42 Å². The lowest BCUT2D eigenvalue weighted by molar-refractivity contribution is -0.190. The van der Waals surface area contributed by atoms with Crippen LogP contribution in [-0.4, -0.2) is 29.9 Å². The van der Waals surface area contributed by atoms with Crippen LogP contribution in [0.25, 0.3) is 0 Å². The molecule has 0 aromatic rings. The Morgan fingerprint density at radius 3 is 2.62 bits per heavy atom. The van der Waals surface area contributed by atoms with E-state index in [1.54, 1.807) is 6.92 Å². The average Bonchev–Trinajstić information content (AvgIpc) is 3.23. The fourth-order valence-electron chi connectivity index (χ4n) is 5.17. The number of carbonyl (C=O) groups is 3. The maximum Gasteiger partial charge on any atom is 0.351 e. The van der Waals surface area contributed by atoms with E-state index in [-0.39, 0.29) is 23.7 Å². The van der Waals surface area contributed by atoms with Crippen molar-refractivity contribution in [1.29, 1.82) is 0 Å². The zero-order chi connectivity index (χ0) is 17.9. The van der Waals surface area contributed by atoms with Gasteiger partial charge in [-0.2, -0.15) is 0 Å². The minimum Gasteiger partial charge on any atom is -0.463 e. The van der Waals surface area contributed by atoms with Gasteiger partial charge in [0.15, 0.2) is 0 Å². The first-order valence-corrected chi connectivity index (χ1v) is 8.73. The molecule has 3 fully saturated rings. The van der Waals surface area contributed by atoms with Crippen molar-refractivity contribution in [2.45, 2.75) is 52.6 Å². The van der Waals surface area contributed by atoms with E-state index in [2.05, 4.69) is 13.5 Å². The van der Waals surface area contributed by atoms with Gasteiger partial charge < -0.3 is 9.47 Å². The van der Waals surface area contributed by atoms with Gasteiger partial charge in [0.1, 0.15) is 5.78 Å². The summed E-state index contributed by atoms with van der Waals surface area (Å²) in [6.45, 7) is 11.1. The molecule has 0 bridgehead atoms. The molecule has 3 aliphatic rings. The lowest BCUT2D eigenvalue weighted by Gasteiger charge is -2.45. The van der Waals surface area contributed by atoms with E-state index in [1.807, 2.05) is 0 Å². The number of ether oxygens (including phenoxy) is 2. The Bertz CT molecular complexity index is 623. The molecule has 3 rings (SSSR count). The maximum atomic E-state index is 12.9. The van der Waals surface area contributed by atoms with Crippen molar-refractivity contribution >= 4 is 17.7 Å². The molecule has 3 aliphatic carbocycles. The Hall–Kier alpha value is -1.65. The average molecular weight is 334 g/mol. The predicted molar refractivity (Wildman–Crippen MR) is 86.9 cm³/mol. The van der Waals surface area contributed by atoms with Crippen LogP contribution < -0.4 is 0 Å². The zero-order valence-electron chi connectivity index (χ0n) is 14.9. The van der Waals surface area contributed by atoms with Crippen LogP contribution in [0.1, 0.15) is 47.0 Å². The second kappa shape index (κ2) is 5.43. The number of Topliss-reactive ketones (excluding diaryl/α,β-unsaturated/α-hetero) is 1. The highest BCUT2D eigenvalue weighted by atomic mass is 16.6. The normalized spacial score (nSPS) is 39.5. The second-order valence-corrected chi connectivity index (χ2v) is 7.93. The summed E-state index contributed by atoms with van der Waals surface area (Å²) >= 11 is 0. The molecule has 132 valence electrons. The van der Waals surface area contributed by atoms with Crippen LogP contribution in [0.4, 0.5) is 0 Å². The number of carbonyl (C=O) groups excluding carboxylic acids is 3. The molecule has 0 N–H and O–H groups in total. The lowest BCUT2D eigenvalue weighted by Crippen LogP contribution is -2.55. The number of fused-ring (bicyclic) bond motifs is 3. The van der Waals surface area contributed by atoms with Crippen LogP contribution in [-0.2, 0) is 23.9 Å². The van der Waals surface area contributed by atoms with Crippen molar-refractivity contribution in [3.05, 3.63) is 12.2 Å². The fourth-order valence-corrected chi connectivity index (χ4v) is 5.17. The van der Waals surface area contributed by atoms with Crippen molar-refractivity contribution in [2.75, 3.05) is 6.61 Å². The van der Waals surface area contributed by atoms with E-state index >= 15 is 0 Å². The van der Waals surface area contributed by atoms with Crippen LogP contribution in [0.3, 0.4) is 0 Å². The van der Waals surface area contributed by atoms with Crippen molar-refractivity contribution in [3.63, 3.8) is 0 Å². The van der Waals surface area contributed by atoms with Crippen molar-refractivity contribution < 1.29 is 23.9 Å². The van der Waals surface area contributed by atoms with E-state index in [9.17, 15) is 14.4 Å². The smallest absolute Gasteiger partial charge is 0.351 e. The Labute approximate surface area is 142 Å². The molecule has 24 heavy (non-hydrogen) atoms. The number of ketones is 1. The third kappa shape index (κ3) is 2.32. The first-order chi connectivity index (χ1) is 11.1. The van der Waals surface area contributed by atoms with Gasteiger partial charge in [0, 0.05) is 13.3 Å². The molecule has 0 spiro atoms. The van der Waals surface area contributed by atoms with Crippen LogP contribution in [0, 0.1) is 29.1 Å². The summed E-state index contributed by atoms with van der Waals surface area (Å²) in [7, 11) is 0. The summed E-state index contributed by atoms with van der Waals surface area (Å²) < 4.78 is 10.5. The third-order valence-corrected chi connectivity index (χ3v) is 6.47. The standard InChI is InChI=1S/C19H26O5/c1-6-23-17(22)19(5,24-11(3)20)15-8-13-10(2)12-7-14(12)18(13,4)9-16(15)21/h12-15H,2,6-9H2,1,3-5H3/t12-,13+,14-,15?,18-,19?/m1/s1. The fraction of sp³-hybridized carbons (Fsp3) is 0.737. The van der Waals surface area contributed by atoms with Gasteiger partial charge in [-0.15, -0.1) is 0 Å². The summed E-state index contributed by atoms with van der Waals surface area (Å²) in [5.74, 6) is -0.640. The molecule has 0 heterocycles. The first kappa shape index (κ1) is 17.2. The van der Waals surface area contributed by atoms with Crippen LogP contribution in [0.5, 0.6) is 0 Å². The molecule has 0 radical (unpaired) electrons. The lowest BCUT2D eigenvalue weighted by atomic mass is 9.59. The molecule has 2 unspecified atom stereocenters. The summed E-state index contributed by atoms with van der Waals surface area (Å²) in [5.41, 5.74) is -0.414. The molecule has 6 atom stereocenters. The highest BCUT2D eigenvalue weighted by molar-refractivity contribution is 5.93. The molecular formula is C19H26O5. The molecule has 5 heteroatoms. The number of hydrogen-bond acceptors (Lipinski definition) is 5. The number of allylic oxidation sites excluding steroid dienone is 1. The first-order valence-electron chi connectivity index (χ1n) is 8.73. The van der Waals surface area contributed by atoms with E-state index < -0.39 is 23.5 Å². The Morgan fingerprint density at radius 1 is 1.38 bits per heavy atom. The Kier molecular flexibility index (Phi) is 3.89. The monoisotopic (exact) mass is 334 g/mol. The number of esters is 2. The number of rotatable bonds is 4. The minimum absolute atomic E-state index is 0.00842. The van der Waals surface area contributed by atoms with Gasteiger partial charge in [-0.1, -0.05) is 19.1 Å². The van der Waals surface area contributed by atoms with Gasteiger partial charge >= 0.3 is 11.9 Å². The zero-order valence-corrected chi connectivity index (χ0v) is 14.9. The van der Waals surface area contributed by atoms with Gasteiger partial charge in [-0.25, -0.2) is 4.79 Å². The topological polar surface area (TPSA) is 69.7 Å². The maximum absolute atomic E-state index is 12.9. The Balaban J connectivity index is 1.91. The van der Waals surface area contributed by atoms with Crippen molar-refractivity contribution in [1.82, 2.24) is 0 Å². The molecule has 3 saturated carbocycles. The predicted octanol–water partition coefficient (Wildman–Crippen LogP) is 2.68. The molecular weight excluding hydrogens is 308 g/mol. The van der Waals surface area contributed by atoms with Gasteiger partial charge in [0.05, 0.1) is 12.5 Å². The van der Waals surface area contributed by atoms with Crippen molar-refractivity contribution in [3.8, 4) is 0 Å². The quantitative estimate of drug-likeness (QED) is 0.584. The van der Waals surface area contributed by atoms with Crippen LogP contribution in [0.2, 0.25) is 0 Å². The van der Waals surface area contributed by atoms with E-state index in [4.69, 9.17) is 9.47 Å².